The molecule has 1 aliphatic rings. The predicted octanol–water partition coefficient (Wildman–Crippen LogP) is 5.07. The van der Waals surface area contributed by atoms with Crippen molar-refractivity contribution in [1.82, 2.24) is 20.1 Å². The van der Waals surface area contributed by atoms with E-state index in [0.29, 0.717) is 19.0 Å². The van der Waals surface area contributed by atoms with E-state index in [0.717, 1.165) is 46.3 Å². The lowest BCUT2D eigenvalue weighted by Gasteiger charge is -2.13. The third-order valence-corrected chi connectivity index (χ3v) is 6.08. The monoisotopic (exact) mass is 410 g/mol. The molecule has 5 heteroatoms. The largest absolute Gasteiger partial charge is 0.350 e. The van der Waals surface area contributed by atoms with Gasteiger partial charge in [-0.1, -0.05) is 61.4 Å². The van der Waals surface area contributed by atoms with Crippen LogP contribution in [0.5, 0.6) is 0 Å². The summed E-state index contributed by atoms with van der Waals surface area (Å²) in [6.07, 6.45) is 6.94. The van der Waals surface area contributed by atoms with Crippen LogP contribution in [0, 0.1) is 0 Å². The summed E-state index contributed by atoms with van der Waals surface area (Å²) in [5.74, 6) is 0.00570. The van der Waals surface area contributed by atoms with E-state index >= 15 is 0 Å². The second-order valence-corrected chi connectivity index (χ2v) is 8.21. The van der Waals surface area contributed by atoms with Crippen LogP contribution in [0.3, 0.4) is 0 Å². The van der Waals surface area contributed by atoms with Crippen molar-refractivity contribution in [2.75, 3.05) is 0 Å². The normalized spacial score (nSPS) is 14.2. The van der Waals surface area contributed by atoms with Crippen LogP contribution in [-0.2, 0) is 17.8 Å². The summed E-state index contributed by atoms with van der Waals surface area (Å²) in [5.41, 5.74) is 3.88. The molecule has 0 unspecified atom stereocenters. The fourth-order valence-corrected chi connectivity index (χ4v) is 4.54. The van der Waals surface area contributed by atoms with Crippen molar-refractivity contribution in [2.24, 2.45) is 0 Å². The number of nitrogens with one attached hydrogen (secondary N) is 1. The Kier molecular flexibility index (Phi) is 5.48. The summed E-state index contributed by atoms with van der Waals surface area (Å²) in [7, 11) is 0. The Morgan fingerprint density at radius 2 is 1.81 bits per heavy atom. The summed E-state index contributed by atoms with van der Waals surface area (Å²) >= 11 is 0. The van der Waals surface area contributed by atoms with Crippen LogP contribution >= 0.6 is 0 Å². The molecule has 5 rings (SSSR count). The number of hydrogen-bond acceptors (Lipinski definition) is 3. The number of nitrogens with zero attached hydrogens (tertiary/aromatic N) is 3. The van der Waals surface area contributed by atoms with Gasteiger partial charge in [0.25, 0.3) is 0 Å². The van der Waals surface area contributed by atoms with Crippen molar-refractivity contribution in [3.05, 3.63) is 84.2 Å². The molecule has 1 amide bonds. The number of pyridine rings is 1. The highest BCUT2D eigenvalue weighted by molar-refractivity contribution is 5.90. The molecule has 0 aliphatic heterocycles. The van der Waals surface area contributed by atoms with Gasteiger partial charge in [0.15, 0.2) is 0 Å². The lowest BCUT2D eigenvalue weighted by atomic mass is 10.0. The van der Waals surface area contributed by atoms with Gasteiger partial charge in [-0.2, -0.15) is 5.10 Å². The molecule has 31 heavy (non-hydrogen) atoms. The second kappa shape index (κ2) is 8.72. The second-order valence-electron chi connectivity index (χ2n) is 8.21. The molecule has 0 bridgehead atoms. The molecule has 1 aliphatic carbocycles. The molecule has 1 N–H and O–H groups in total. The minimum absolute atomic E-state index is 0.00570. The van der Waals surface area contributed by atoms with Crippen LogP contribution in [0.4, 0.5) is 0 Å². The van der Waals surface area contributed by atoms with E-state index in [1.54, 1.807) is 0 Å². The Bertz CT molecular complexity index is 1190. The van der Waals surface area contributed by atoms with Crippen LogP contribution in [0.25, 0.3) is 22.2 Å². The summed E-state index contributed by atoms with van der Waals surface area (Å²) in [5, 5.41) is 10.2. The van der Waals surface area contributed by atoms with E-state index < -0.39 is 0 Å². The van der Waals surface area contributed by atoms with Gasteiger partial charge in [0.2, 0.25) is 5.91 Å². The minimum atomic E-state index is 0.00570. The molecular formula is C26H26N4O. The fourth-order valence-electron chi connectivity index (χ4n) is 4.54. The quantitative estimate of drug-likeness (QED) is 0.483. The van der Waals surface area contributed by atoms with Crippen molar-refractivity contribution < 1.29 is 4.79 Å². The number of carbonyl (C=O) groups is 1. The maximum atomic E-state index is 12.7. The van der Waals surface area contributed by atoms with Crippen molar-refractivity contribution in [3.63, 3.8) is 0 Å². The predicted molar refractivity (Wildman–Crippen MR) is 122 cm³/mol. The zero-order chi connectivity index (χ0) is 21.0. The molecule has 2 heterocycles. The van der Waals surface area contributed by atoms with Crippen molar-refractivity contribution in [3.8, 4) is 11.4 Å². The molecule has 1 fully saturated rings. The SMILES string of the molecule is O=C(Cc1cccc2ccccc12)NCc1cc(-c2ccccn2)n(C2CCCC2)n1. The third-order valence-electron chi connectivity index (χ3n) is 6.08. The van der Waals surface area contributed by atoms with Gasteiger partial charge < -0.3 is 5.32 Å². The van der Waals surface area contributed by atoms with Gasteiger partial charge in [-0.05, 0) is 47.4 Å². The highest BCUT2D eigenvalue weighted by atomic mass is 16.1. The third kappa shape index (κ3) is 4.22. The first-order chi connectivity index (χ1) is 15.3. The molecule has 0 spiro atoms. The molecule has 2 aromatic carbocycles. The summed E-state index contributed by atoms with van der Waals surface area (Å²) in [6.45, 7) is 0.420. The van der Waals surface area contributed by atoms with Crippen LogP contribution in [0.15, 0.2) is 72.9 Å². The van der Waals surface area contributed by atoms with E-state index in [9.17, 15) is 4.79 Å². The minimum Gasteiger partial charge on any atom is -0.350 e. The molecule has 0 radical (unpaired) electrons. The number of benzene rings is 2. The van der Waals surface area contributed by atoms with Crippen LogP contribution in [-0.4, -0.2) is 20.7 Å². The number of amides is 1. The molecule has 156 valence electrons. The molecular weight excluding hydrogens is 384 g/mol. The van der Waals surface area contributed by atoms with E-state index in [1.807, 2.05) is 48.7 Å². The van der Waals surface area contributed by atoms with Crippen molar-refractivity contribution in [2.45, 2.75) is 44.7 Å². The van der Waals surface area contributed by atoms with E-state index in [4.69, 9.17) is 5.10 Å². The van der Waals surface area contributed by atoms with Gasteiger partial charge >= 0.3 is 0 Å². The highest BCUT2D eigenvalue weighted by Crippen LogP contribution is 2.33. The molecule has 0 saturated heterocycles. The standard InChI is InChI=1S/C26H26N4O/c31-26(16-20-10-7-9-19-8-1-4-13-23(19)20)28-18-21-17-25(24-14-5-6-15-27-24)30(29-21)22-11-2-3-12-22/h1,4-10,13-15,17,22H,2-3,11-12,16,18H2,(H,28,31). The van der Waals surface area contributed by atoms with Crippen molar-refractivity contribution >= 4 is 16.7 Å². The summed E-state index contributed by atoms with van der Waals surface area (Å²) in [6, 6.07) is 22.7. The average Bonchev–Trinajstić information content (AvgIpc) is 3.49. The Morgan fingerprint density at radius 1 is 1.00 bits per heavy atom. The first-order valence-electron chi connectivity index (χ1n) is 11.0. The smallest absolute Gasteiger partial charge is 0.224 e. The van der Waals surface area contributed by atoms with Gasteiger partial charge in [-0.3, -0.25) is 14.5 Å². The molecule has 5 nitrogen and oxygen atoms in total. The zero-order valence-corrected chi connectivity index (χ0v) is 17.5. The Morgan fingerprint density at radius 3 is 2.65 bits per heavy atom. The van der Waals surface area contributed by atoms with E-state index in [-0.39, 0.29) is 5.91 Å². The summed E-state index contributed by atoms with van der Waals surface area (Å²) < 4.78 is 2.13. The van der Waals surface area contributed by atoms with Crippen LogP contribution in [0.2, 0.25) is 0 Å². The van der Waals surface area contributed by atoms with E-state index in [1.165, 1.54) is 12.8 Å². The molecule has 1 saturated carbocycles. The first kappa shape index (κ1) is 19.5. The molecule has 2 aromatic heterocycles. The Labute approximate surface area is 182 Å². The Hall–Kier alpha value is -3.47. The summed E-state index contributed by atoms with van der Waals surface area (Å²) in [4.78, 5) is 17.2. The number of aromatic nitrogens is 3. The topological polar surface area (TPSA) is 59.8 Å². The van der Waals surface area contributed by atoms with Crippen LogP contribution in [0.1, 0.15) is 43.0 Å². The zero-order valence-electron chi connectivity index (χ0n) is 17.5. The number of carbonyl (C=O) groups excluding carboxylic acids is 1. The fraction of sp³-hybridized carbons (Fsp3) is 0.269. The van der Waals surface area contributed by atoms with E-state index in [2.05, 4.69) is 39.2 Å². The maximum Gasteiger partial charge on any atom is 0.224 e. The lowest BCUT2D eigenvalue weighted by molar-refractivity contribution is -0.120. The number of hydrogen-bond donors (Lipinski definition) is 1. The van der Waals surface area contributed by atoms with Gasteiger partial charge in [0.05, 0.1) is 36.1 Å². The van der Waals surface area contributed by atoms with Gasteiger partial charge in [0, 0.05) is 6.20 Å². The first-order valence-corrected chi connectivity index (χ1v) is 11.0. The van der Waals surface area contributed by atoms with Crippen molar-refractivity contribution in [1.29, 1.82) is 0 Å². The van der Waals surface area contributed by atoms with Gasteiger partial charge in [-0.25, -0.2) is 0 Å². The maximum absolute atomic E-state index is 12.7. The number of fused-ring (bicyclic) bond motifs is 1. The highest BCUT2D eigenvalue weighted by Gasteiger charge is 2.22. The van der Waals surface area contributed by atoms with Gasteiger partial charge in [-0.15, -0.1) is 0 Å². The number of rotatable bonds is 6. The van der Waals surface area contributed by atoms with Crippen LogP contribution < -0.4 is 5.32 Å². The molecule has 4 aromatic rings. The average molecular weight is 411 g/mol. The lowest BCUT2D eigenvalue weighted by Crippen LogP contribution is -2.25. The molecule has 0 atom stereocenters. The Balaban J connectivity index is 1.32. The van der Waals surface area contributed by atoms with Gasteiger partial charge in [0.1, 0.15) is 0 Å².